The van der Waals surface area contributed by atoms with E-state index in [1.807, 2.05) is 12.1 Å². The molecular weight excluding hydrogens is 452 g/mol. The minimum Gasteiger partial charge on any atom is -0.497 e. The van der Waals surface area contributed by atoms with Gasteiger partial charge in [0.2, 0.25) is 16.9 Å². The van der Waals surface area contributed by atoms with Gasteiger partial charge < -0.3 is 9.64 Å². The molecule has 2 heterocycles. The van der Waals surface area contributed by atoms with Crippen LogP contribution in [-0.4, -0.2) is 49.8 Å². The summed E-state index contributed by atoms with van der Waals surface area (Å²) in [6, 6.07) is 15.0. The van der Waals surface area contributed by atoms with Gasteiger partial charge in [-0.1, -0.05) is 29.5 Å². The summed E-state index contributed by atoms with van der Waals surface area (Å²) in [5, 5.41) is 11.3. The van der Waals surface area contributed by atoms with Gasteiger partial charge in [0.05, 0.1) is 12.0 Å². The number of ether oxygens (including phenoxy) is 1. The smallest absolute Gasteiger partial charge is 0.241 e. The van der Waals surface area contributed by atoms with Crippen LogP contribution in [0.1, 0.15) is 17.3 Å². The molecule has 1 aromatic heterocycles. The average molecular weight is 473 g/mol. The third-order valence-corrected chi connectivity index (χ3v) is 7.60. The van der Waals surface area contributed by atoms with Gasteiger partial charge in [-0.15, -0.1) is 10.2 Å². The average Bonchev–Trinajstić information content (AvgIpc) is 3.40. The number of nitrogens with one attached hydrogen (secondary N) is 1. The van der Waals surface area contributed by atoms with Crippen LogP contribution >= 0.6 is 11.3 Å². The van der Waals surface area contributed by atoms with Gasteiger partial charge in [0.1, 0.15) is 16.5 Å². The Balaban J connectivity index is 1.39. The number of sulfone groups is 1. The van der Waals surface area contributed by atoms with Crippen molar-refractivity contribution in [2.45, 2.75) is 17.2 Å². The van der Waals surface area contributed by atoms with Crippen LogP contribution in [0.5, 0.6) is 5.75 Å². The molecule has 1 N–H and O–H groups in total. The van der Waals surface area contributed by atoms with E-state index in [0.717, 1.165) is 17.0 Å². The molecule has 4 rings (SSSR count). The molecule has 2 aromatic carbocycles. The van der Waals surface area contributed by atoms with E-state index in [1.54, 1.807) is 42.3 Å². The normalized spacial score (nSPS) is 16.2. The Morgan fingerprint density at radius 1 is 1.16 bits per heavy atom. The summed E-state index contributed by atoms with van der Waals surface area (Å²) in [5.74, 6) is -0.885. The highest BCUT2D eigenvalue weighted by Crippen LogP contribution is 2.34. The largest absolute Gasteiger partial charge is 0.497 e. The Morgan fingerprint density at radius 2 is 1.88 bits per heavy atom. The van der Waals surface area contributed by atoms with E-state index in [0.29, 0.717) is 17.3 Å². The number of hydrogen-bond donors (Lipinski definition) is 1. The van der Waals surface area contributed by atoms with E-state index >= 15 is 0 Å². The van der Waals surface area contributed by atoms with E-state index in [4.69, 9.17) is 4.74 Å². The van der Waals surface area contributed by atoms with Gasteiger partial charge in [-0.3, -0.25) is 14.9 Å². The molecule has 9 nitrogen and oxygen atoms in total. The molecular formula is C21H20N4O5S2. The number of hydrogen-bond acceptors (Lipinski definition) is 8. The van der Waals surface area contributed by atoms with Crippen molar-refractivity contribution in [3.8, 4) is 5.75 Å². The quantitative estimate of drug-likeness (QED) is 0.561. The second-order valence-electron chi connectivity index (χ2n) is 7.17. The zero-order chi connectivity index (χ0) is 22.7. The maximum atomic E-state index is 12.5. The van der Waals surface area contributed by atoms with Gasteiger partial charge in [-0.25, -0.2) is 8.42 Å². The van der Waals surface area contributed by atoms with Crippen molar-refractivity contribution in [1.82, 2.24) is 10.2 Å². The topological polar surface area (TPSA) is 119 Å². The molecule has 1 aliphatic rings. The third kappa shape index (κ3) is 4.78. The summed E-state index contributed by atoms with van der Waals surface area (Å²) < 4.78 is 29.8. The van der Waals surface area contributed by atoms with Crippen molar-refractivity contribution in [3.63, 3.8) is 0 Å². The number of rotatable bonds is 7. The summed E-state index contributed by atoms with van der Waals surface area (Å²) in [6.45, 7) is 0.441. The Kier molecular flexibility index (Phi) is 6.19. The van der Waals surface area contributed by atoms with E-state index in [9.17, 15) is 18.0 Å². The fourth-order valence-electron chi connectivity index (χ4n) is 3.37. The van der Waals surface area contributed by atoms with Crippen LogP contribution in [0.15, 0.2) is 59.5 Å². The Bertz CT molecular complexity index is 1230. The van der Waals surface area contributed by atoms with Gasteiger partial charge in [0, 0.05) is 24.6 Å². The second kappa shape index (κ2) is 9.05. The van der Waals surface area contributed by atoms with Gasteiger partial charge in [-0.2, -0.15) is 0 Å². The third-order valence-electron chi connectivity index (χ3n) is 4.97. The number of nitrogens with zero attached hydrogens (tertiary/aromatic N) is 3. The predicted molar refractivity (Wildman–Crippen MR) is 120 cm³/mol. The zero-order valence-corrected chi connectivity index (χ0v) is 18.7. The molecule has 11 heteroatoms. The molecule has 3 aromatic rings. The van der Waals surface area contributed by atoms with Crippen LogP contribution in [-0.2, 0) is 19.4 Å². The Morgan fingerprint density at radius 3 is 2.56 bits per heavy atom. The Hall–Kier alpha value is -3.31. The van der Waals surface area contributed by atoms with Crippen molar-refractivity contribution < 1.29 is 22.7 Å². The molecule has 0 unspecified atom stereocenters. The molecule has 166 valence electrons. The van der Waals surface area contributed by atoms with E-state index in [2.05, 4.69) is 15.5 Å². The van der Waals surface area contributed by atoms with Crippen molar-refractivity contribution in [1.29, 1.82) is 0 Å². The lowest BCUT2D eigenvalue weighted by Gasteiger charge is -2.16. The first kappa shape index (κ1) is 21.9. The summed E-state index contributed by atoms with van der Waals surface area (Å²) in [4.78, 5) is 26.5. The van der Waals surface area contributed by atoms with Crippen LogP contribution in [0.2, 0.25) is 0 Å². The van der Waals surface area contributed by atoms with Crippen molar-refractivity contribution in [2.24, 2.45) is 0 Å². The van der Waals surface area contributed by atoms with Gasteiger partial charge in [0.15, 0.2) is 9.84 Å². The summed E-state index contributed by atoms with van der Waals surface area (Å²) in [7, 11) is -2.18. The lowest BCUT2D eigenvalue weighted by molar-refractivity contribution is -0.117. The number of benzene rings is 2. The van der Waals surface area contributed by atoms with Crippen LogP contribution in [0, 0.1) is 0 Å². The number of amides is 2. The van der Waals surface area contributed by atoms with E-state index in [1.165, 1.54) is 12.1 Å². The van der Waals surface area contributed by atoms with Gasteiger partial charge in [-0.05, 0) is 36.4 Å². The van der Waals surface area contributed by atoms with E-state index in [-0.39, 0.29) is 28.3 Å². The first-order valence-corrected chi connectivity index (χ1v) is 12.2. The molecule has 2 amide bonds. The van der Waals surface area contributed by atoms with Crippen molar-refractivity contribution in [3.05, 3.63) is 59.6 Å². The first-order chi connectivity index (χ1) is 15.4. The molecule has 1 aliphatic heterocycles. The summed E-state index contributed by atoms with van der Waals surface area (Å²) in [5.41, 5.74) is 0.766. The highest BCUT2D eigenvalue weighted by Gasteiger charge is 2.34. The molecule has 0 aliphatic carbocycles. The highest BCUT2D eigenvalue weighted by atomic mass is 32.2. The Labute approximate surface area is 189 Å². The highest BCUT2D eigenvalue weighted by molar-refractivity contribution is 7.92. The first-order valence-electron chi connectivity index (χ1n) is 9.71. The monoisotopic (exact) mass is 472 g/mol. The number of anilines is 2. The number of carbonyl (C=O) groups is 2. The van der Waals surface area contributed by atoms with Crippen LogP contribution in [0.3, 0.4) is 0 Å². The summed E-state index contributed by atoms with van der Waals surface area (Å²) in [6.07, 6.45) is 0.275. The second-order valence-corrected chi connectivity index (χ2v) is 10.2. The lowest BCUT2D eigenvalue weighted by atomic mass is 10.1. The molecule has 0 spiro atoms. The molecule has 0 saturated carbocycles. The number of carbonyl (C=O) groups excluding carboxylic acids is 2. The van der Waals surface area contributed by atoms with E-state index < -0.39 is 21.5 Å². The maximum Gasteiger partial charge on any atom is 0.241 e. The lowest BCUT2D eigenvalue weighted by Crippen LogP contribution is -2.24. The zero-order valence-electron chi connectivity index (χ0n) is 17.1. The van der Waals surface area contributed by atoms with Crippen molar-refractivity contribution >= 4 is 43.8 Å². The SMILES string of the molecule is COc1ccc(N2C[C@@H](c3nnc(NC(=O)CS(=O)(=O)c4ccccc4)s3)CC2=O)cc1. The minimum atomic E-state index is -3.75. The van der Waals surface area contributed by atoms with Crippen LogP contribution < -0.4 is 15.0 Å². The predicted octanol–water partition coefficient (Wildman–Crippen LogP) is 2.48. The standard InChI is InChI=1S/C21H20N4O5S2/c1-30-16-9-7-15(8-10-16)25-12-14(11-19(25)27)20-23-24-21(31-20)22-18(26)13-32(28,29)17-5-3-2-4-6-17/h2-10,14H,11-13H2,1H3,(H,22,24,26)/t14-/m0/s1. The fraction of sp³-hybridized carbons (Fsp3) is 0.238. The van der Waals surface area contributed by atoms with Crippen LogP contribution in [0.4, 0.5) is 10.8 Å². The molecule has 1 atom stereocenters. The fourth-order valence-corrected chi connectivity index (χ4v) is 5.38. The number of methoxy groups -OCH3 is 1. The summed E-state index contributed by atoms with van der Waals surface area (Å²) >= 11 is 1.14. The number of aromatic nitrogens is 2. The van der Waals surface area contributed by atoms with Crippen molar-refractivity contribution in [2.75, 3.05) is 29.6 Å². The molecule has 0 bridgehead atoms. The molecule has 0 radical (unpaired) electrons. The van der Waals surface area contributed by atoms with Gasteiger partial charge >= 0.3 is 0 Å². The minimum absolute atomic E-state index is 0.0325. The molecule has 32 heavy (non-hydrogen) atoms. The van der Waals surface area contributed by atoms with Crippen LogP contribution in [0.25, 0.3) is 0 Å². The van der Waals surface area contributed by atoms with Gasteiger partial charge in [0.25, 0.3) is 0 Å². The molecule has 1 saturated heterocycles. The molecule has 1 fully saturated rings. The maximum absolute atomic E-state index is 12.5.